The molecule has 1 N–H and O–H groups in total. The molecule has 1 aromatic carbocycles. The Hall–Kier alpha value is -2.39. The van der Waals surface area contributed by atoms with Gasteiger partial charge in [-0.05, 0) is 44.4 Å². The number of hydrogen-bond acceptors (Lipinski definition) is 4. The second kappa shape index (κ2) is 9.93. The fourth-order valence-corrected chi connectivity index (χ4v) is 3.02. The van der Waals surface area contributed by atoms with Gasteiger partial charge in [-0.2, -0.15) is 5.26 Å². The van der Waals surface area contributed by atoms with E-state index in [-0.39, 0.29) is 17.9 Å². The molecule has 0 unspecified atom stereocenters. The van der Waals surface area contributed by atoms with Crippen LogP contribution in [0.4, 0.5) is 0 Å². The smallest absolute Gasteiger partial charge is 0.234 e. The molecule has 1 aliphatic rings. The van der Waals surface area contributed by atoms with Crippen molar-refractivity contribution < 1.29 is 9.59 Å². The van der Waals surface area contributed by atoms with E-state index in [0.717, 1.165) is 31.5 Å². The zero-order valence-electron chi connectivity index (χ0n) is 15.7. The number of hydrogen-bond donors (Lipinski definition) is 1. The van der Waals surface area contributed by atoms with Gasteiger partial charge in [-0.15, -0.1) is 0 Å². The van der Waals surface area contributed by atoms with Crippen molar-refractivity contribution in [2.75, 3.05) is 26.2 Å². The van der Waals surface area contributed by atoms with E-state index in [9.17, 15) is 9.59 Å². The molecule has 0 aliphatic carbocycles. The van der Waals surface area contributed by atoms with Gasteiger partial charge in [0.25, 0.3) is 0 Å². The maximum atomic E-state index is 12.2. The first kappa shape index (κ1) is 19.9. The number of carbonyl (C=O) groups is 2. The first-order valence-electron chi connectivity index (χ1n) is 9.27. The van der Waals surface area contributed by atoms with E-state index in [1.807, 2.05) is 17.0 Å². The van der Waals surface area contributed by atoms with E-state index in [4.69, 9.17) is 5.26 Å². The molecule has 1 heterocycles. The molecular weight excluding hydrogens is 328 g/mol. The van der Waals surface area contributed by atoms with E-state index >= 15 is 0 Å². The lowest BCUT2D eigenvalue weighted by Gasteiger charge is -2.26. The second-order valence-electron chi connectivity index (χ2n) is 7.00. The maximum absolute atomic E-state index is 12.2. The number of nitrogens with zero attached hydrogens (tertiary/aromatic N) is 3. The molecule has 0 aromatic heterocycles. The second-order valence-corrected chi connectivity index (χ2v) is 7.00. The van der Waals surface area contributed by atoms with Crippen LogP contribution in [0, 0.1) is 11.3 Å². The van der Waals surface area contributed by atoms with Gasteiger partial charge in [0.1, 0.15) is 0 Å². The summed E-state index contributed by atoms with van der Waals surface area (Å²) in [5.74, 6) is 0.227. The predicted octanol–water partition coefficient (Wildman–Crippen LogP) is 1.90. The molecule has 2 amide bonds. The monoisotopic (exact) mass is 356 g/mol. The summed E-state index contributed by atoms with van der Waals surface area (Å²) in [6.45, 7) is 7.29. The molecule has 0 spiro atoms. The summed E-state index contributed by atoms with van der Waals surface area (Å²) in [6.07, 6.45) is 2.39. The Morgan fingerprint density at radius 1 is 1.35 bits per heavy atom. The molecule has 6 nitrogen and oxygen atoms in total. The van der Waals surface area contributed by atoms with Crippen molar-refractivity contribution in [3.63, 3.8) is 0 Å². The number of rotatable bonds is 9. The van der Waals surface area contributed by atoms with Crippen molar-refractivity contribution in [1.29, 1.82) is 5.26 Å². The minimum atomic E-state index is 0.0000866. The molecule has 1 fully saturated rings. The Kier molecular flexibility index (Phi) is 7.61. The van der Waals surface area contributed by atoms with Crippen LogP contribution in [0.3, 0.4) is 0 Å². The Bertz CT molecular complexity index is 649. The molecule has 140 valence electrons. The summed E-state index contributed by atoms with van der Waals surface area (Å²) in [7, 11) is 0. The Morgan fingerprint density at radius 3 is 2.65 bits per heavy atom. The van der Waals surface area contributed by atoms with Gasteiger partial charge in [0, 0.05) is 38.6 Å². The van der Waals surface area contributed by atoms with Gasteiger partial charge < -0.3 is 10.2 Å². The normalized spacial score (nSPS) is 14.1. The third kappa shape index (κ3) is 6.16. The predicted molar refractivity (Wildman–Crippen MR) is 100 cm³/mol. The molecule has 0 atom stereocenters. The molecule has 2 rings (SSSR count). The van der Waals surface area contributed by atoms with Gasteiger partial charge >= 0.3 is 0 Å². The van der Waals surface area contributed by atoms with Crippen LogP contribution in [-0.4, -0.2) is 53.8 Å². The lowest BCUT2D eigenvalue weighted by atomic mass is 10.1. The average Bonchev–Trinajstić information content (AvgIpc) is 3.03. The van der Waals surface area contributed by atoms with E-state index in [1.165, 1.54) is 0 Å². The van der Waals surface area contributed by atoms with E-state index in [0.29, 0.717) is 31.6 Å². The Labute approximate surface area is 155 Å². The minimum Gasteiger partial charge on any atom is -0.355 e. The highest BCUT2D eigenvalue weighted by atomic mass is 16.2. The summed E-state index contributed by atoms with van der Waals surface area (Å²) >= 11 is 0. The van der Waals surface area contributed by atoms with Crippen LogP contribution in [0.5, 0.6) is 0 Å². The van der Waals surface area contributed by atoms with Crippen molar-refractivity contribution in [3.8, 4) is 6.07 Å². The highest BCUT2D eigenvalue weighted by Crippen LogP contribution is 2.10. The first-order valence-corrected chi connectivity index (χ1v) is 9.27. The van der Waals surface area contributed by atoms with Gasteiger partial charge in [-0.25, -0.2) is 0 Å². The van der Waals surface area contributed by atoms with E-state index in [1.54, 1.807) is 12.1 Å². The van der Waals surface area contributed by atoms with Crippen molar-refractivity contribution in [1.82, 2.24) is 15.1 Å². The summed E-state index contributed by atoms with van der Waals surface area (Å²) in [6, 6.07) is 9.80. The molecule has 0 radical (unpaired) electrons. The SMILES string of the molecule is CC(C)N(CC(=O)NCCCN1CCCC1=O)Cc1ccc(C#N)cc1. The number of nitriles is 1. The van der Waals surface area contributed by atoms with Crippen molar-refractivity contribution >= 4 is 11.8 Å². The van der Waals surface area contributed by atoms with Gasteiger partial charge in [-0.3, -0.25) is 14.5 Å². The van der Waals surface area contributed by atoms with E-state index in [2.05, 4.69) is 30.1 Å². The highest BCUT2D eigenvalue weighted by Gasteiger charge is 2.19. The molecule has 26 heavy (non-hydrogen) atoms. The van der Waals surface area contributed by atoms with Crippen LogP contribution in [0.1, 0.15) is 44.2 Å². The lowest BCUT2D eigenvalue weighted by molar-refractivity contribution is -0.127. The third-order valence-electron chi connectivity index (χ3n) is 4.64. The van der Waals surface area contributed by atoms with Crippen molar-refractivity contribution in [2.24, 2.45) is 0 Å². The fraction of sp³-hybridized carbons (Fsp3) is 0.550. The molecule has 1 saturated heterocycles. The zero-order chi connectivity index (χ0) is 18.9. The minimum absolute atomic E-state index is 0.0000866. The maximum Gasteiger partial charge on any atom is 0.234 e. The lowest BCUT2D eigenvalue weighted by Crippen LogP contribution is -2.41. The molecule has 1 aliphatic heterocycles. The van der Waals surface area contributed by atoms with Crippen LogP contribution >= 0.6 is 0 Å². The van der Waals surface area contributed by atoms with Gasteiger partial charge in [-0.1, -0.05) is 12.1 Å². The van der Waals surface area contributed by atoms with Crippen LogP contribution in [0.15, 0.2) is 24.3 Å². The quantitative estimate of drug-likeness (QED) is 0.686. The van der Waals surface area contributed by atoms with Crippen LogP contribution in [0.2, 0.25) is 0 Å². The standard InChI is InChI=1S/C20H28N4O2/c1-16(2)24(14-18-8-6-17(13-21)7-9-18)15-19(25)22-10-4-12-23-11-3-5-20(23)26/h6-9,16H,3-5,10-12,14-15H2,1-2H3,(H,22,25). The summed E-state index contributed by atoms with van der Waals surface area (Å²) < 4.78 is 0. The summed E-state index contributed by atoms with van der Waals surface area (Å²) in [4.78, 5) is 27.8. The van der Waals surface area contributed by atoms with Crippen LogP contribution in [-0.2, 0) is 16.1 Å². The number of amides is 2. The largest absolute Gasteiger partial charge is 0.355 e. The molecular formula is C20H28N4O2. The molecule has 0 saturated carbocycles. The third-order valence-corrected chi connectivity index (χ3v) is 4.64. The van der Waals surface area contributed by atoms with Gasteiger partial charge in [0.2, 0.25) is 11.8 Å². The summed E-state index contributed by atoms with van der Waals surface area (Å²) in [5, 5.41) is 11.8. The topological polar surface area (TPSA) is 76.4 Å². The Morgan fingerprint density at radius 2 is 2.08 bits per heavy atom. The number of nitrogens with one attached hydrogen (secondary N) is 1. The first-order chi connectivity index (χ1) is 12.5. The Balaban J connectivity index is 1.74. The molecule has 6 heteroatoms. The zero-order valence-corrected chi connectivity index (χ0v) is 15.7. The van der Waals surface area contributed by atoms with Gasteiger partial charge in [0.15, 0.2) is 0 Å². The van der Waals surface area contributed by atoms with Crippen molar-refractivity contribution in [3.05, 3.63) is 35.4 Å². The van der Waals surface area contributed by atoms with Crippen LogP contribution in [0.25, 0.3) is 0 Å². The summed E-state index contributed by atoms with van der Waals surface area (Å²) in [5.41, 5.74) is 1.72. The highest BCUT2D eigenvalue weighted by molar-refractivity contribution is 5.78. The molecule has 1 aromatic rings. The van der Waals surface area contributed by atoms with Gasteiger partial charge in [0.05, 0.1) is 18.2 Å². The molecule has 0 bridgehead atoms. The van der Waals surface area contributed by atoms with Crippen LogP contribution < -0.4 is 5.32 Å². The fourth-order valence-electron chi connectivity index (χ4n) is 3.02. The van der Waals surface area contributed by atoms with Crippen molar-refractivity contribution in [2.45, 2.75) is 45.7 Å². The van der Waals surface area contributed by atoms with E-state index < -0.39 is 0 Å². The average molecular weight is 356 g/mol. The number of benzene rings is 1. The number of likely N-dealkylation sites (tertiary alicyclic amines) is 1. The number of carbonyl (C=O) groups excluding carboxylic acids is 2.